The van der Waals surface area contributed by atoms with Gasteiger partial charge in [-0.15, -0.1) is 11.6 Å². The molecule has 0 bridgehead atoms. The summed E-state index contributed by atoms with van der Waals surface area (Å²) < 4.78 is 5.16. The number of fused-ring (bicyclic) bond motifs is 1. The molecule has 2 fully saturated rings. The zero-order valence-corrected chi connectivity index (χ0v) is 6.10. The van der Waals surface area contributed by atoms with Crippen molar-refractivity contribution >= 4 is 17.4 Å². The molecule has 0 radical (unpaired) electrons. The zero-order chi connectivity index (χ0) is 7.14. The summed E-state index contributed by atoms with van der Waals surface area (Å²) >= 11 is 5.84. The molecule has 2 aliphatic heterocycles. The third kappa shape index (κ3) is 0.779. The Kier molecular flexibility index (Phi) is 1.44. The van der Waals surface area contributed by atoms with Gasteiger partial charge in [-0.2, -0.15) is 0 Å². The van der Waals surface area contributed by atoms with Crippen LogP contribution < -0.4 is 5.32 Å². The number of halogens is 1. The molecule has 3 atom stereocenters. The van der Waals surface area contributed by atoms with E-state index < -0.39 is 0 Å². The first-order valence-corrected chi connectivity index (χ1v) is 3.74. The van der Waals surface area contributed by atoms with Crippen LogP contribution in [0.1, 0.15) is 0 Å². The van der Waals surface area contributed by atoms with Crippen molar-refractivity contribution in [1.82, 2.24) is 5.32 Å². The first-order chi connectivity index (χ1) is 4.79. The van der Waals surface area contributed by atoms with E-state index in [1.807, 2.05) is 0 Å². The molecule has 2 saturated heterocycles. The molecule has 0 spiro atoms. The summed E-state index contributed by atoms with van der Waals surface area (Å²) in [4.78, 5) is 11.0. The van der Waals surface area contributed by atoms with Gasteiger partial charge < -0.3 is 10.1 Å². The van der Waals surface area contributed by atoms with Gasteiger partial charge in [0.25, 0.3) is 0 Å². The monoisotopic (exact) mass is 161 g/mol. The van der Waals surface area contributed by atoms with Crippen LogP contribution in [-0.2, 0) is 9.53 Å². The van der Waals surface area contributed by atoms with Crippen LogP contribution >= 0.6 is 11.6 Å². The molecule has 3 nitrogen and oxygen atoms in total. The highest BCUT2D eigenvalue weighted by atomic mass is 35.5. The van der Waals surface area contributed by atoms with Gasteiger partial charge in [-0.05, 0) is 0 Å². The molecule has 2 rings (SSSR count). The molecule has 0 aromatic rings. The fraction of sp³-hybridized carbons (Fsp3) is 0.833. The van der Waals surface area contributed by atoms with Gasteiger partial charge in [0.1, 0.15) is 6.61 Å². The summed E-state index contributed by atoms with van der Waals surface area (Å²) in [6.45, 7) is 0.911. The van der Waals surface area contributed by atoms with E-state index in [2.05, 4.69) is 5.32 Å². The number of nitrogens with one attached hydrogen (secondary N) is 1. The van der Waals surface area contributed by atoms with Gasteiger partial charge >= 0.3 is 0 Å². The van der Waals surface area contributed by atoms with E-state index in [9.17, 15) is 4.79 Å². The fourth-order valence-corrected chi connectivity index (χ4v) is 1.75. The van der Waals surface area contributed by atoms with Crippen molar-refractivity contribution in [2.45, 2.75) is 17.5 Å². The van der Waals surface area contributed by atoms with Crippen molar-refractivity contribution in [1.29, 1.82) is 0 Å². The Morgan fingerprint density at radius 2 is 2.50 bits per heavy atom. The first-order valence-electron chi connectivity index (χ1n) is 3.31. The second-order valence-corrected chi connectivity index (χ2v) is 3.20. The summed E-state index contributed by atoms with van der Waals surface area (Å²) in [6, 6.07) is -0.123. The molecule has 0 amide bonds. The van der Waals surface area contributed by atoms with Crippen LogP contribution in [0.2, 0.25) is 0 Å². The second kappa shape index (κ2) is 2.19. The Morgan fingerprint density at radius 1 is 1.70 bits per heavy atom. The molecule has 3 unspecified atom stereocenters. The fourth-order valence-electron chi connectivity index (χ4n) is 1.45. The molecule has 0 saturated carbocycles. The van der Waals surface area contributed by atoms with Crippen LogP contribution in [0, 0.1) is 0 Å². The Labute approximate surface area is 63.7 Å². The minimum absolute atomic E-state index is 0.0311. The predicted molar refractivity (Wildman–Crippen MR) is 36.2 cm³/mol. The molecule has 10 heavy (non-hydrogen) atoms. The Balaban J connectivity index is 2.16. The van der Waals surface area contributed by atoms with Gasteiger partial charge in [0.05, 0.1) is 17.5 Å². The van der Waals surface area contributed by atoms with Crippen molar-refractivity contribution in [3.05, 3.63) is 0 Å². The summed E-state index contributed by atoms with van der Waals surface area (Å²) in [6.07, 6.45) is -0.0748. The van der Waals surface area contributed by atoms with Gasteiger partial charge in [-0.25, -0.2) is 0 Å². The van der Waals surface area contributed by atoms with E-state index >= 15 is 0 Å². The highest BCUT2D eigenvalue weighted by Crippen LogP contribution is 2.22. The van der Waals surface area contributed by atoms with Crippen LogP contribution in [0.25, 0.3) is 0 Å². The quantitative estimate of drug-likeness (QED) is 0.489. The molecule has 56 valence electrons. The molecule has 4 heteroatoms. The highest BCUT2D eigenvalue weighted by molar-refractivity contribution is 6.22. The highest BCUT2D eigenvalue weighted by Gasteiger charge is 2.44. The van der Waals surface area contributed by atoms with Crippen LogP contribution in [0.4, 0.5) is 0 Å². The summed E-state index contributed by atoms with van der Waals surface area (Å²) in [7, 11) is 0. The minimum atomic E-state index is -0.123. The lowest BCUT2D eigenvalue weighted by molar-refractivity contribution is -0.119. The summed E-state index contributed by atoms with van der Waals surface area (Å²) in [5.74, 6) is 0.133. The lowest BCUT2D eigenvalue weighted by atomic mass is 10.1. The summed E-state index contributed by atoms with van der Waals surface area (Å²) in [5.41, 5.74) is 0. The zero-order valence-electron chi connectivity index (χ0n) is 5.34. The standard InChI is InChI=1S/C6H8ClNO2/c7-3-1-8-5-4(9)2-10-6(3)5/h3,5-6,8H,1-2H2. The normalized spacial score (nSPS) is 46.1. The minimum Gasteiger partial charge on any atom is -0.367 e. The summed E-state index contributed by atoms with van der Waals surface area (Å²) in [5, 5.41) is 2.98. The Bertz CT molecular complexity index is 173. The topological polar surface area (TPSA) is 38.3 Å². The number of ketones is 1. The van der Waals surface area contributed by atoms with E-state index in [0.717, 1.165) is 0 Å². The number of carbonyl (C=O) groups is 1. The van der Waals surface area contributed by atoms with Gasteiger partial charge in [0.15, 0.2) is 5.78 Å². The van der Waals surface area contributed by atoms with Crippen LogP contribution in [-0.4, -0.2) is 36.5 Å². The largest absolute Gasteiger partial charge is 0.367 e. The van der Waals surface area contributed by atoms with Crippen molar-refractivity contribution in [2.75, 3.05) is 13.2 Å². The van der Waals surface area contributed by atoms with E-state index in [-0.39, 0.29) is 29.9 Å². The van der Waals surface area contributed by atoms with Crippen LogP contribution in [0.5, 0.6) is 0 Å². The number of Topliss-reactive ketones (excluding diaryl/α,β-unsaturated/α-hetero) is 1. The average molecular weight is 162 g/mol. The van der Waals surface area contributed by atoms with Crippen molar-refractivity contribution in [3.8, 4) is 0 Å². The number of hydrogen-bond donors (Lipinski definition) is 1. The molecule has 2 heterocycles. The SMILES string of the molecule is O=C1COC2C(Cl)CNC12. The average Bonchev–Trinajstić information content (AvgIpc) is 2.41. The van der Waals surface area contributed by atoms with Crippen molar-refractivity contribution in [3.63, 3.8) is 0 Å². The maximum absolute atomic E-state index is 11.0. The number of alkyl halides is 1. The van der Waals surface area contributed by atoms with Crippen LogP contribution in [0.3, 0.4) is 0 Å². The van der Waals surface area contributed by atoms with E-state index in [0.29, 0.717) is 6.54 Å². The third-order valence-corrected chi connectivity index (χ3v) is 2.39. The smallest absolute Gasteiger partial charge is 0.178 e. The van der Waals surface area contributed by atoms with Gasteiger partial charge in [0, 0.05) is 6.54 Å². The van der Waals surface area contributed by atoms with Gasteiger partial charge in [0.2, 0.25) is 0 Å². The first kappa shape index (κ1) is 6.58. The van der Waals surface area contributed by atoms with Crippen LogP contribution in [0.15, 0.2) is 0 Å². The second-order valence-electron chi connectivity index (χ2n) is 2.64. The lowest BCUT2D eigenvalue weighted by Gasteiger charge is -2.07. The van der Waals surface area contributed by atoms with Crippen molar-refractivity contribution in [2.24, 2.45) is 0 Å². The molecule has 0 aromatic carbocycles. The molecular weight excluding hydrogens is 154 g/mol. The molecule has 1 N–H and O–H groups in total. The lowest BCUT2D eigenvalue weighted by Crippen LogP contribution is -2.33. The van der Waals surface area contributed by atoms with Gasteiger partial charge in [-0.3, -0.25) is 4.79 Å². The van der Waals surface area contributed by atoms with E-state index in [1.165, 1.54) is 0 Å². The van der Waals surface area contributed by atoms with Gasteiger partial charge in [-0.1, -0.05) is 0 Å². The maximum atomic E-state index is 11.0. The number of ether oxygens (including phenoxy) is 1. The number of carbonyl (C=O) groups excluding carboxylic acids is 1. The van der Waals surface area contributed by atoms with E-state index in [4.69, 9.17) is 16.3 Å². The molecule has 2 aliphatic rings. The Morgan fingerprint density at radius 3 is 3.20 bits per heavy atom. The number of hydrogen-bond acceptors (Lipinski definition) is 3. The third-order valence-electron chi connectivity index (χ3n) is 1.98. The van der Waals surface area contributed by atoms with E-state index in [1.54, 1.807) is 0 Å². The molecular formula is C6H8ClNO2. The predicted octanol–water partition coefficient (Wildman–Crippen LogP) is -0.467. The molecule has 0 aromatic heterocycles. The van der Waals surface area contributed by atoms with Crippen molar-refractivity contribution < 1.29 is 9.53 Å². The Hall–Kier alpha value is -0.120. The maximum Gasteiger partial charge on any atom is 0.178 e. The molecule has 0 aliphatic carbocycles. The number of rotatable bonds is 0.